The van der Waals surface area contributed by atoms with Crippen molar-refractivity contribution < 1.29 is 0 Å². The summed E-state index contributed by atoms with van der Waals surface area (Å²) in [7, 11) is 0. The Morgan fingerprint density at radius 1 is 1.36 bits per heavy atom. The molecule has 0 bridgehead atoms. The van der Waals surface area contributed by atoms with Gasteiger partial charge in [-0.2, -0.15) is 4.98 Å². The molecule has 0 atom stereocenters. The molecule has 0 aliphatic carbocycles. The molecule has 0 spiro atoms. The maximum Gasteiger partial charge on any atom is 0.239 e. The van der Waals surface area contributed by atoms with Gasteiger partial charge in [-0.25, -0.2) is 10.8 Å². The number of nitrogens with one attached hydrogen (secondary N) is 1. The highest BCUT2D eigenvalue weighted by atomic mass is 15.3. The second kappa shape index (κ2) is 4.76. The van der Waals surface area contributed by atoms with Crippen molar-refractivity contribution in [2.24, 2.45) is 5.84 Å². The second-order valence-corrected chi connectivity index (χ2v) is 3.01. The number of nitrogen functional groups attached to an aromatic ring is 1. The van der Waals surface area contributed by atoms with Crippen LogP contribution in [0.2, 0.25) is 0 Å². The van der Waals surface area contributed by atoms with Crippen molar-refractivity contribution in [3.05, 3.63) is 11.8 Å². The smallest absolute Gasteiger partial charge is 0.239 e. The number of nitrogens with two attached hydrogens (primary N) is 1. The van der Waals surface area contributed by atoms with Crippen molar-refractivity contribution in [3.63, 3.8) is 0 Å². The van der Waals surface area contributed by atoms with Crippen LogP contribution >= 0.6 is 0 Å². The standard InChI is InChI=1S/C9H17N5/c1-4-14(5-2)8-6-7(3)11-9(12-8)13-10/h6H,4-5,10H2,1-3H3,(H,11,12,13). The van der Waals surface area contributed by atoms with Gasteiger partial charge in [-0.05, 0) is 20.8 Å². The lowest BCUT2D eigenvalue weighted by Crippen LogP contribution is -2.24. The van der Waals surface area contributed by atoms with Crippen LogP contribution in [-0.2, 0) is 0 Å². The first-order chi connectivity index (χ1) is 6.71. The van der Waals surface area contributed by atoms with E-state index in [1.807, 2.05) is 13.0 Å². The molecule has 0 saturated carbocycles. The Morgan fingerprint density at radius 3 is 2.50 bits per heavy atom. The normalized spacial score (nSPS) is 10.0. The summed E-state index contributed by atoms with van der Waals surface area (Å²) in [5, 5.41) is 0. The zero-order chi connectivity index (χ0) is 10.6. The highest BCUT2D eigenvalue weighted by Gasteiger charge is 2.06. The van der Waals surface area contributed by atoms with Gasteiger partial charge in [-0.3, -0.25) is 5.43 Å². The molecule has 1 aromatic heterocycles. The molecule has 0 amide bonds. The van der Waals surface area contributed by atoms with Crippen LogP contribution < -0.4 is 16.2 Å². The SMILES string of the molecule is CCN(CC)c1cc(C)nc(NN)n1. The van der Waals surface area contributed by atoms with Gasteiger partial charge in [0.25, 0.3) is 0 Å². The van der Waals surface area contributed by atoms with Crippen LogP contribution in [0.4, 0.5) is 11.8 Å². The number of aromatic nitrogens is 2. The van der Waals surface area contributed by atoms with Gasteiger partial charge in [0, 0.05) is 24.8 Å². The topological polar surface area (TPSA) is 67.1 Å². The predicted octanol–water partition coefficient (Wildman–Crippen LogP) is 0.917. The Hall–Kier alpha value is -1.36. The van der Waals surface area contributed by atoms with Gasteiger partial charge >= 0.3 is 0 Å². The van der Waals surface area contributed by atoms with Gasteiger partial charge in [0.2, 0.25) is 5.95 Å². The van der Waals surface area contributed by atoms with E-state index in [0.717, 1.165) is 24.6 Å². The lowest BCUT2D eigenvalue weighted by molar-refractivity contribution is 0.839. The fourth-order valence-corrected chi connectivity index (χ4v) is 1.33. The van der Waals surface area contributed by atoms with Gasteiger partial charge in [0.15, 0.2) is 0 Å². The molecule has 0 aliphatic rings. The molecule has 14 heavy (non-hydrogen) atoms. The summed E-state index contributed by atoms with van der Waals surface area (Å²) in [6.45, 7) is 7.97. The summed E-state index contributed by atoms with van der Waals surface area (Å²) >= 11 is 0. The number of hydrazine groups is 1. The minimum atomic E-state index is 0.465. The van der Waals surface area contributed by atoms with Gasteiger partial charge in [0.1, 0.15) is 5.82 Å². The predicted molar refractivity (Wildman–Crippen MR) is 58.1 cm³/mol. The molecule has 0 radical (unpaired) electrons. The Balaban J connectivity index is 3.01. The Morgan fingerprint density at radius 2 is 2.00 bits per heavy atom. The van der Waals surface area contributed by atoms with Crippen LogP contribution in [0.15, 0.2) is 6.07 Å². The fourth-order valence-electron chi connectivity index (χ4n) is 1.33. The maximum absolute atomic E-state index is 5.28. The number of hydrogen-bond donors (Lipinski definition) is 2. The maximum atomic E-state index is 5.28. The van der Waals surface area contributed by atoms with Gasteiger partial charge in [0.05, 0.1) is 0 Å². The minimum Gasteiger partial charge on any atom is -0.357 e. The van der Waals surface area contributed by atoms with E-state index in [2.05, 4.69) is 34.1 Å². The third-order valence-electron chi connectivity index (χ3n) is 2.06. The quantitative estimate of drug-likeness (QED) is 0.552. The third kappa shape index (κ3) is 2.32. The van der Waals surface area contributed by atoms with Crippen molar-refractivity contribution in [2.45, 2.75) is 20.8 Å². The Kier molecular flexibility index (Phi) is 3.64. The molecule has 3 N–H and O–H groups in total. The minimum absolute atomic E-state index is 0.465. The molecule has 78 valence electrons. The first-order valence-corrected chi connectivity index (χ1v) is 4.78. The largest absolute Gasteiger partial charge is 0.357 e. The molecule has 5 heteroatoms. The van der Waals surface area contributed by atoms with Crippen LogP contribution in [0.1, 0.15) is 19.5 Å². The lowest BCUT2D eigenvalue weighted by atomic mass is 10.4. The van der Waals surface area contributed by atoms with Gasteiger partial charge < -0.3 is 4.90 Å². The van der Waals surface area contributed by atoms with Crippen molar-refractivity contribution in [3.8, 4) is 0 Å². The highest BCUT2D eigenvalue weighted by Crippen LogP contribution is 2.13. The average Bonchev–Trinajstić information content (AvgIpc) is 2.19. The van der Waals surface area contributed by atoms with Crippen molar-refractivity contribution in [2.75, 3.05) is 23.4 Å². The first-order valence-electron chi connectivity index (χ1n) is 4.78. The van der Waals surface area contributed by atoms with Crippen LogP contribution in [0.3, 0.4) is 0 Å². The van der Waals surface area contributed by atoms with Crippen LogP contribution in [0.5, 0.6) is 0 Å². The lowest BCUT2D eigenvalue weighted by Gasteiger charge is -2.20. The molecule has 0 saturated heterocycles. The molecule has 1 rings (SSSR count). The Bertz CT molecular complexity index is 295. The second-order valence-electron chi connectivity index (χ2n) is 3.01. The van der Waals surface area contributed by atoms with E-state index >= 15 is 0 Å². The van der Waals surface area contributed by atoms with E-state index in [1.54, 1.807) is 0 Å². The molecule has 5 nitrogen and oxygen atoms in total. The van der Waals surface area contributed by atoms with Crippen LogP contribution in [-0.4, -0.2) is 23.1 Å². The highest BCUT2D eigenvalue weighted by molar-refractivity contribution is 5.44. The summed E-state index contributed by atoms with van der Waals surface area (Å²) in [5.74, 6) is 6.65. The van der Waals surface area contributed by atoms with E-state index in [4.69, 9.17) is 5.84 Å². The van der Waals surface area contributed by atoms with Crippen LogP contribution in [0, 0.1) is 6.92 Å². The zero-order valence-electron chi connectivity index (χ0n) is 8.91. The monoisotopic (exact) mass is 195 g/mol. The number of aryl methyl sites for hydroxylation is 1. The molecular weight excluding hydrogens is 178 g/mol. The summed E-state index contributed by atoms with van der Waals surface area (Å²) in [6.07, 6.45) is 0. The number of anilines is 2. The summed E-state index contributed by atoms with van der Waals surface area (Å²) in [4.78, 5) is 10.6. The van der Waals surface area contributed by atoms with E-state index in [0.29, 0.717) is 5.95 Å². The zero-order valence-corrected chi connectivity index (χ0v) is 8.91. The Labute approximate surface area is 84.3 Å². The van der Waals surface area contributed by atoms with Gasteiger partial charge in [-0.15, -0.1) is 0 Å². The number of rotatable bonds is 4. The first kappa shape index (κ1) is 10.7. The number of hydrogen-bond acceptors (Lipinski definition) is 5. The van der Waals surface area contributed by atoms with Crippen LogP contribution in [0.25, 0.3) is 0 Å². The molecule has 1 heterocycles. The molecule has 0 unspecified atom stereocenters. The van der Waals surface area contributed by atoms with E-state index in [1.165, 1.54) is 0 Å². The molecular formula is C9H17N5. The van der Waals surface area contributed by atoms with E-state index in [-0.39, 0.29) is 0 Å². The molecule has 0 aliphatic heterocycles. The van der Waals surface area contributed by atoms with E-state index in [9.17, 15) is 0 Å². The van der Waals surface area contributed by atoms with Gasteiger partial charge in [-0.1, -0.05) is 0 Å². The van der Waals surface area contributed by atoms with Crippen molar-refractivity contribution >= 4 is 11.8 Å². The summed E-state index contributed by atoms with van der Waals surface area (Å²) in [6, 6.07) is 1.95. The summed E-state index contributed by atoms with van der Waals surface area (Å²) in [5.41, 5.74) is 3.37. The van der Waals surface area contributed by atoms with Crippen molar-refractivity contribution in [1.82, 2.24) is 9.97 Å². The fraction of sp³-hybridized carbons (Fsp3) is 0.556. The average molecular weight is 195 g/mol. The van der Waals surface area contributed by atoms with Crippen molar-refractivity contribution in [1.29, 1.82) is 0 Å². The molecule has 1 aromatic rings. The number of nitrogens with zero attached hydrogens (tertiary/aromatic N) is 3. The summed E-state index contributed by atoms with van der Waals surface area (Å²) < 4.78 is 0. The molecule has 0 aromatic carbocycles. The third-order valence-corrected chi connectivity index (χ3v) is 2.06. The molecule has 0 fully saturated rings. The van der Waals surface area contributed by atoms with E-state index < -0.39 is 0 Å².